The summed E-state index contributed by atoms with van der Waals surface area (Å²) in [5.41, 5.74) is 0. The van der Waals surface area contributed by atoms with E-state index < -0.39 is 0 Å². The van der Waals surface area contributed by atoms with Gasteiger partial charge in [-0.15, -0.1) is 0 Å². The number of piperidine rings is 1. The second kappa shape index (κ2) is 8.11. The van der Waals surface area contributed by atoms with Crippen molar-refractivity contribution in [2.24, 2.45) is 0 Å². The lowest BCUT2D eigenvalue weighted by molar-refractivity contribution is -0.143. The lowest BCUT2D eigenvalue weighted by atomic mass is 9.97. The van der Waals surface area contributed by atoms with E-state index in [1.165, 1.54) is 39.5 Å². The van der Waals surface area contributed by atoms with E-state index in [0.29, 0.717) is 6.04 Å². The molecule has 2 fully saturated rings. The third-order valence-corrected chi connectivity index (χ3v) is 4.96. The van der Waals surface area contributed by atoms with E-state index in [9.17, 15) is 4.79 Å². The number of nitrogens with zero attached hydrogens (tertiary/aromatic N) is 2. The van der Waals surface area contributed by atoms with Gasteiger partial charge in [-0.25, -0.2) is 0 Å². The maximum absolute atomic E-state index is 11.8. The molecule has 5 nitrogen and oxygen atoms in total. The van der Waals surface area contributed by atoms with Crippen molar-refractivity contribution in [3.63, 3.8) is 0 Å². The molecule has 0 spiro atoms. The van der Waals surface area contributed by atoms with Crippen LogP contribution in [0.1, 0.15) is 39.5 Å². The molecule has 0 aliphatic carbocycles. The summed E-state index contributed by atoms with van der Waals surface area (Å²) in [6.07, 6.45) is 4.88. The summed E-state index contributed by atoms with van der Waals surface area (Å²) in [7, 11) is 1.47. The van der Waals surface area contributed by atoms with Crippen molar-refractivity contribution < 1.29 is 9.53 Å². The molecule has 0 aromatic heterocycles. The van der Waals surface area contributed by atoms with Crippen LogP contribution >= 0.6 is 0 Å². The number of nitrogens with one attached hydrogen (secondary N) is 1. The molecule has 0 amide bonds. The number of methoxy groups -OCH3 is 1. The number of hydrogen-bond acceptors (Lipinski definition) is 5. The van der Waals surface area contributed by atoms with Gasteiger partial charge in [-0.05, 0) is 39.3 Å². The fraction of sp³-hybridized carbons (Fsp3) is 0.938. The van der Waals surface area contributed by atoms with Gasteiger partial charge in [-0.3, -0.25) is 14.6 Å². The lowest BCUT2D eigenvalue weighted by Crippen LogP contribution is -2.59. The smallest absolute Gasteiger partial charge is 0.322 e. The third kappa shape index (κ3) is 4.41. The van der Waals surface area contributed by atoms with Crippen LogP contribution in [0, 0.1) is 0 Å². The molecule has 2 heterocycles. The third-order valence-electron chi connectivity index (χ3n) is 4.96. The van der Waals surface area contributed by atoms with Crippen LogP contribution in [0.2, 0.25) is 0 Å². The molecule has 0 saturated carbocycles. The van der Waals surface area contributed by atoms with Gasteiger partial charge in [0.1, 0.15) is 6.04 Å². The van der Waals surface area contributed by atoms with Gasteiger partial charge in [0.05, 0.1) is 7.11 Å². The van der Waals surface area contributed by atoms with E-state index in [0.717, 1.165) is 32.1 Å². The standard InChI is InChI=1S/C16H31N3O2/c1-4-17-15(16(20)21-3)8-10-18-12-14-7-5-6-9-19(14)11-13(18)2/h13-15,17H,4-12H2,1-3H3. The van der Waals surface area contributed by atoms with Crippen molar-refractivity contribution >= 4 is 5.97 Å². The van der Waals surface area contributed by atoms with E-state index in [1.807, 2.05) is 6.92 Å². The Morgan fingerprint density at radius 1 is 1.38 bits per heavy atom. The number of likely N-dealkylation sites (N-methyl/N-ethyl adjacent to an activating group) is 1. The lowest BCUT2D eigenvalue weighted by Gasteiger charge is -2.47. The number of carbonyl (C=O) groups is 1. The van der Waals surface area contributed by atoms with Crippen molar-refractivity contribution in [1.29, 1.82) is 0 Å². The monoisotopic (exact) mass is 297 g/mol. The number of carbonyl (C=O) groups excluding carboxylic acids is 1. The van der Waals surface area contributed by atoms with Crippen molar-refractivity contribution in [2.75, 3.05) is 39.8 Å². The molecule has 1 N–H and O–H groups in total. The van der Waals surface area contributed by atoms with E-state index in [2.05, 4.69) is 22.0 Å². The van der Waals surface area contributed by atoms with Gasteiger partial charge in [0.2, 0.25) is 0 Å². The molecule has 0 aromatic carbocycles. The Morgan fingerprint density at radius 3 is 2.90 bits per heavy atom. The van der Waals surface area contributed by atoms with Crippen molar-refractivity contribution in [2.45, 2.75) is 57.7 Å². The highest BCUT2D eigenvalue weighted by atomic mass is 16.5. The van der Waals surface area contributed by atoms with Crippen LogP contribution < -0.4 is 5.32 Å². The predicted molar refractivity (Wildman–Crippen MR) is 84.3 cm³/mol. The summed E-state index contributed by atoms with van der Waals surface area (Å²) in [6, 6.07) is 1.14. The van der Waals surface area contributed by atoms with Gasteiger partial charge in [0.25, 0.3) is 0 Å². The van der Waals surface area contributed by atoms with Gasteiger partial charge in [-0.2, -0.15) is 0 Å². The Labute approximate surface area is 129 Å². The minimum absolute atomic E-state index is 0.138. The minimum atomic E-state index is -0.170. The van der Waals surface area contributed by atoms with Crippen LogP contribution in [-0.2, 0) is 9.53 Å². The van der Waals surface area contributed by atoms with Crippen LogP contribution in [0.15, 0.2) is 0 Å². The zero-order valence-corrected chi connectivity index (χ0v) is 13.8. The number of rotatable bonds is 6. The number of esters is 1. The normalized spacial score (nSPS) is 28.9. The molecule has 21 heavy (non-hydrogen) atoms. The minimum Gasteiger partial charge on any atom is -0.468 e. The second-order valence-corrected chi connectivity index (χ2v) is 6.41. The van der Waals surface area contributed by atoms with Crippen LogP contribution in [0.25, 0.3) is 0 Å². The molecule has 2 aliphatic heterocycles. The zero-order chi connectivity index (χ0) is 15.2. The highest BCUT2D eigenvalue weighted by Gasteiger charge is 2.33. The van der Waals surface area contributed by atoms with Crippen LogP contribution in [0.3, 0.4) is 0 Å². The van der Waals surface area contributed by atoms with Crippen molar-refractivity contribution in [3.05, 3.63) is 0 Å². The van der Waals surface area contributed by atoms with Crippen LogP contribution in [0.5, 0.6) is 0 Å². The number of fused-ring (bicyclic) bond motifs is 1. The van der Waals surface area contributed by atoms with E-state index in [1.54, 1.807) is 0 Å². The largest absolute Gasteiger partial charge is 0.468 e. The Balaban J connectivity index is 1.84. The number of hydrogen-bond donors (Lipinski definition) is 1. The highest BCUT2D eigenvalue weighted by molar-refractivity contribution is 5.75. The summed E-state index contributed by atoms with van der Waals surface area (Å²) < 4.78 is 4.89. The van der Waals surface area contributed by atoms with Gasteiger partial charge in [0, 0.05) is 31.7 Å². The van der Waals surface area contributed by atoms with Gasteiger partial charge < -0.3 is 10.1 Å². The maximum Gasteiger partial charge on any atom is 0.322 e. The Bertz CT molecular complexity index is 337. The molecule has 3 atom stereocenters. The molecule has 2 rings (SSSR count). The molecule has 2 aliphatic rings. The first-order chi connectivity index (χ1) is 10.2. The number of ether oxygens (including phenoxy) is 1. The molecule has 122 valence electrons. The summed E-state index contributed by atoms with van der Waals surface area (Å²) in [6.45, 7) is 9.70. The summed E-state index contributed by atoms with van der Waals surface area (Å²) >= 11 is 0. The molecular formula is C16H31N3O2. The SMILES string of the molecule is CCNC(CCN1CC2CCCCN2CC1C)C(=O)OC. The van der Waals surface area contributed by atoms with Gasteiger partial charge in [-0.1, -0.05) is 13.3 Å². The average molecular weight is 297 g/mol. The molecule has 0 radical (unpaired) electrons. The summed E-state index contributed by atoms with van der Waals surface area (Å²) in [4.78, 5) is 17.0. The Morgan fingerprint density at radius 2 is 2.19 bits per heavy atom. The molecule has 0 aromatic rings. The van der Waals surface area contributed by atoms with E-state index in [-0.39, 0.29) is 12.0 Å². The molecule has 0 bridgehead atoms. The fourth-order valence-electron chi connectivity index (χ4n) is 3.71. The molecule has 2 saturated heterocycles. The molecular weight excluding hydrogens is 266 g/mol. The van der Waals surface area contributed by atoms with Crippen LogP contribution in [0.4, 0.5) is 0 Å². The van der Waals surface area contributed by atoms with Crippen molar-refractivity contribution in [1.82, 2.24) is 15.1 Å². The maximum atomic E-state index is 11.8. The number of piperazine rings is 1. The van der Waals surface area contributed by atoms with Gasteiger partial charge in [0.15, 0.2) is 0 Å². The average Bonchev–Trinajstić information content (AvgIpc) is 2.50. The zero-order valence-electron chi connectivity index (χ0n) is 13.8. The first-order valence-electron chi connectivity index (χ1n) is 8.45. The topological polar surface area (TPSA) is 44.8 Å². The quantitative estimate of drug-likeness (QED) is 0.744. The highest BCUT2D eigenvalue weighted by Crippen LogP contribution is 2.24. The van der Waals surface area contributed by atoms with Crippen molar-refractivity contribution in [3.8, 4) is 0 Å². The molecule has 3 unspecified atom stereocenters. The van der Waals surface area contributed by atoms with Gasteiger partial charge >= 0.3 is 5.97 Å². The second-order valence-electron chi connectivity index (χ2n) is 6.41. The van der Waals surface area contributed by atoms with Crippen LogP contribution in [-0.4, -0.2) is 73.7 Å². The molecule has 5 heteroatoms. The Kier molecular flexibility index (Phi) is 6.45. The Hall–Kier alpha value is -0.650. The first-order valence-corrected chi connectivity index (χ1v) is 8.45. The fourth-order valence-corrected chi connectivity index (χ4v) is 3.71. The first kappa shape index (κ1) is 16.7. The van der Waals surface area contributed by atoms with E-state index in [4.69, 9.17) is 4.74 Å². The summed E-state index contributed by atoms with van der Waals surface area (Å²) in [5.74, 6) is -0.138. The summed E-state index contributed by atoms with van der Waals surface area (Å²) in [5, 5.41) is 3.23. The predicted octanol–water partition coefficient (Wildman–Crippen LogP) is 1.09. The van der Waals surface area contributed by atoms with E-state index >= 15 is 0 Å².